The Morgan fingerprint density at radius 1 is 1.05 bits per heavy atom. The first-order valence-electron chi connectivity index (χ1n) is 7.85. The van der Waals surface area contributed by atoms with E-state index in [0.29, 0.717) is 17.7 Å². The second-order valence-electron chi connectivity index (χ2n) is 7.24. The van der Waals surface area contributed by atoms with Crippen LogP contribution in [0.15, 0.2) is 0 Å². The molecule has 6 heteroatoms. The maximum absolute atomic E-state index is 10.7. The van der Waals surface area contributed by atoms with Crippen molar-refractivity contribution in [2.45, 2.75) is 44.9 Å². The van der Waals surface area contributed by atoms with Crippen LogP contribution < -0.4 is 5.32 Å². The summed E-state index contributed by atoms with van der Waals surface area (Å²) in [4.78, 5) is 17.5. The van der Waals surface area contributed by atoms with Crippen molar-refractivity contribution in [3.8, 4) is 0 Å². The van der Waals surface area contributed by atoms with Crippen molar-refractivity contribution in [2.24, 2.45) is 23.2 Å². The van der Waals surface area contributed by atoms with Gasteiger partial charge in [0.1, 0.15) is 0 Å². The van der Waals surface area contributed by atoms with Crippen LogP contribution in [0.1, 0.15) is 44.9 Å². The topological polar surface area (TPSA) is 69.6 Å². The van der Waals surface area contributed by atoms with E-state index in [9.17, 15) is 4.57 Å². The van der Waals surface area contributed by atoms with Gasteiger partial charge in [-0.3, -0.25) is 0 Å². The first-order valence-corrected chi connectivity index (χ1v) is 11.1. The van der Waals surface area contributed by atoms with Gasteiger partial charge in [0.05, 0.1) is 0 Å². The first-order chi connectivity index (χ1) is 9.44. The van der Waals surface area contributed by atoms with Crippen molar-refractivity contribution in [3.05, 3.63) is 0 Å². The molecule has 4 aliphatic rings. The molecule has 0 aromatic carbocycles. The first kappa shape index (κ1) is 15.4. The Labute approximate surface area is 125 Å². The fourth-order valence-electron chi connectivity index (χ4n) is 5.31. The molecule has 0 amide bonds. The van der Waals surface area contributed by atoms with Crippen LogP contribution >= 0.6 is 18.2 Å². The molecule has 4 saturated carbocycles. The third-order valence-electron chi connectivity index (χ3n) is 5.54. The van der Waals surface area contributed by atoms with Gasteiger partial charge in [0.15, 0.2) is 0 Å². The summed E-state index contributed by atoms with van der Waals surface area (Å²) in [6, 6.07) is 0. The minimum absolute atomic E-state index is 0.491. The van der Waals surface area contributed by atoms with Crippen LogP contribution in [0.25, 0.3) is 0 Å². The smallest absolute Gasteiger partial charge is 0.317 e. The minimum Gasteiger partial charge on any atom is -0.317 e. The summed E-state index contributed by atoms with van der Waals surface area (Å²) >= 11 is 0.748. The quantitative estimate of drug-likeness (QED) is 0.497. The van der Waals surface area contributed by atoms with Gasteiger partial charge >= 0.3 is 6.80 Å². The maximum atomic E-state index is 10.7. The Hall–Kier alpha value is 0.460. The monoisotopic (exact) mass is 319 g/mol. The van der Waals surface area contributed by atoms with E-state index in [2.05, 4.69) is 5.32 Å². The summed E-state index contributed by atoms with van der Waals surface area (Å²) in [5.41, 5.74) is 0.609. The molecule has 0 unspecified atom stereocenters. The lowest BCUT2D eigenvalue weighted by molar-refractivity contribution is -0.0566. The largest absolute Gasteiger partial charge is 0.384 e. The van der Waals surface area contributed by atoms with Crippen LogP contribution in [0, 0.1) is 23.2 Å². The van der Waals surface area contributed by atoms with Gasteiger partial charge in [0.2, 0.25) is 0 Å². The fraction of sp³-hybridized carbons (Fsp3) is 1.00. The number of nitrogens with one attached hydrogen (secondary N) is 1. The average molecular weight is 319 g/mol. The van der Waals surface area contributed by atoms with Crippen LogP contribution in [-0.4, -0.2) is 28.6 Å². The molecule has 20 heavy (non-hydrogen) atoms. The zero-order valence-corrected chi connectivity index (χ0v) is 13.7. The lowest BCUT2D eigenvalue weighted by Gasteiger charge is -2.57. The zero-order valence-electron chi connectivity index (χ0n) is 12.0. The Bertz CT molecular complexity index is 363. The lowest BCUT2D eigenvalue weighted by Crippen LogP contribution is -2.47. The minimum atomic E-state index is -3.88. The van der Waals surface area contributed by atoms with Crippen molar-refractivity contribution in [2.75, 3.05) is 18.8 Å². The average Bonchev–Trinajstić information content (AvgIpc) is 2.30. The van der Waals surface area contributed by atoms with E-state index < -0.39 is 6.80 Å². The Balaban J connectivity index is 1.37. The van der Waals surface area contributed by atoms with Gasteiger partial charge in [-0.05, 0) is 86.0 Å². The normalized spacial score (nSPS) is 39.4. The molecule has 0 spiro atoms. The summed E-state index contributed by atoms with van der Waals surface area (Å²) in [6.45, 7) is -2.18. The summed E-state index contributed by atoms with van der Waals surface area (Å²) in [5.74, 6) is 3.51. The van der Waals surface area contributed by atoms with E-state index in [0.717, 1.165) is 35.7 Å². The van der Waals surface area contributed by atoms with E-state index >= 15 is 0 Å². The Morgan fingerprint density at radius 3 is 2.10 bits per heavy atom. The molecule has 0 aliphatic heterocycles. The molecule has 4 aliphatic carbocycles. The van der Waals surface area contributed by atoms with Gasteiger partial charge in [-0.15, -0.1) is 0 Å². The molecule has 4 fully saturated rings. The highest BCUT2D eigenvalue weighted by atomic mass is 32.7. The molecule has 4 nitrogen and oxygen atoms in total. The Kier molecular flexibility index (Phi) is 4.55. The molecule has 0 saturated heterocycles. The molecule has 0 radical (unpaired) electrons. The highest BCUT2D eigenvalue weighted by Gasteiger charge is 2.50. The van der Waals surface area contributed by atoms with Crippen LogP contribution in [0.2, 0.25) is 0 Å². The number of hydrogen-bond acceptors (Lipinski definition) is 3. The number of rotatable bonds is 7. The van der Waals surface area contributed by atoms with Crippen LogP contribution in [0.5, 0.6) is 0 Å². The zero-order chi connectivity index (χ0) is 14.2. The third-order valence-corrected chi connectivity index (χ3v) is 7.82. The SMILES string of the molecule is O=P(O)(O)SCCNCCC12CC3CC(CC(C3)C1)C2. The second-order valence-corrected chi connectivity index (χ2v) is 11.1. The van der Waals surface area contributed by atoms with Crippen molar-refractivity contribution < 1.29 is 14.4 Å². The summed E-state index contributed by atoms with van der Waals surface area (Å²) in [6.07, 6.45) is 10.1. The van der Waals surface area contributed by atoms with Crippen molar-refractivity contribution >= 4 is 18.2 Å². The van der Waals surface area contributed by atoms with Gasteiger partial charge in [-0.25, -0.2) is 4.57 Å². The highest BCUT2D eigenvalue weighted by molar-refractivity contribution is 8.54. The molecule has 4 bridgehead atoms. The number of hydrogen-bond donors (Lipinski definition) is 3. The molecule has 0 aromatic rings. The van der Waals surface area contributed by atoms with Crippen LogP contribution in [-0.2, 0) is 4.57 Å². The molecule has 116 valence electrons. The molecular weight excluding hydrogens is 293 g/mol. The van der Waals surface area contributed by atoms with Crippen LogP contribution in [0.4, 0.5) is 0 Å². The Morgan fingerprint density at radius 2 is 1.60 bits per heavy atom. The van der Waals surface area contributed by atoms with E-state index in [1.54, 1.807) is 0 Å². The van der Waals surface area contributed by atoms with Crippen molar-refractivity contribution in [1.82, 2.24) is 5.32 Å². The van der Waals surface area contributed by atoms with Crippen LogP contribution in [0.3, 0.4) is 0 Å². The lowest BCUT2D eigenvalue weighted by atomic mass is 9.49. The highest BCUT2D eigenvalue weighted by Crippen LogP contribution is 2.61. The van der Waals surface area contributed by atoms with Crippen molar-refractivity contribution in [3.63, 3.8) is 0 Å². The van der Waals surface area contributed by atoms with Gasteiger partial charge in [-0.1, -0.05) is 0 Å². The standard InChI is InChI=1S/C14H26NO3PS/c16-19(17,18)20-4-3-15-2-1-14-8-11-5-12(9-14)7-13(6-11)10-14/h11-13,15H,1-10H2,(H2,16,17,18). The second kappa shape index (κ2) is 5.92. The molecule has 3 N–H and O–H groups in total. The van der Waals surface area contributed by atoms with E-state index in [-0.39, 0.29) is 0 Å². The molecule has 4 rings (SSSR count). The molecule has 0 aromatic heterocycles. The van der Waals surface area contributed by atoms with Gasteiger partial charge in [0.25, 0.3) is 0 Å². The van der Waals surface area contributed by atoms with E-state index in [1.807, 2.05) is 0 Å². The predicted molar refractivity (Wildman–Crippen MR) is 82.6 cm³/mol. The summed E-state index contributed by atoms with van der Waals surface area (Å²) < 4.78 is 10.7. The fourth-order valence-corrected chi connectivity index (χ4v) is 6.77. The molecule has 0 heterocycles. The molecular formula is C14H26NO3PS. The molecule has 0 atom stereocenters. The summed E-state index contributed by atoms with van der Waals surface area (Å²) in [5, 5.41) is 3.37. The van der Waals surface area contributed by atoms with E-state index in [1.165, 1.54) is 44.9 Å². The summed E-state index contributed by atoms with van der Waals surface area (Å²) in [7, 11) is 0. The van der Waals surface area contributed by atoms with Crippen molar-refractivity contribution in [1.29, 1.82) is 0 Å². The van der Waals surface area contributed by atoms with E-state index in [4.69, 9.17) is 9.79 Å². The van der Waals surface area contributed by atoms with Gasteiger partial charge < -0.3 is 15.1 Å². The third kappa shape index (κ3) is 3.80. The predicted octanol–water partition coefficient (Wildman–Crippen LogP) is 3.01. The van der Waals surface area contributed by atoms with Gasteiger partial charge in [-0.2, -0.15) is 0 Å². The maximum Gasteiger partial charge on any atom is 0.384 e. The van der Waals surface area contributed by atoms with Gasteiger partial charge in [0, 0.05) is 12.3 Å².